The highest BCUT2D eigenvalue weighted by atomic mass is 16.6. The summed E-state index contributed by atoms with van der Waals surface area (Å²) in [6.45, 7) is 1.63. The Morgan fingerprint density at radius 2 is 2.31 bits per heavy atom. The Bertz CT molecular complexity index is 381. The van der Waals surface area contributed by atoms with Crippen molar-refractivity contribution in [3.63, 3.8) is 0 Å². The lowest BCUT2D eigenvalue weighted by Gasteiger charge is -1.99. The van der Waals surface area contributed by atoms with Gasteiger partial charge in [-0.25, -0.2) is 0 Å². The summed E-state index contributed by atoms with van der Waals surface area (Å²) >= 11 is 0. The lowest BCUT2D eigenvalue weighted by Crippen LogP contribution is -1.93. The van der Waals surface area contributed by atoms with E-state index in [4.69, 9.17) is 5.26 Å². The van der Waals surface area contributed by atoms with Crippen molar-refractivity contribution in [3.05, 3.63) is 33.9 Å². The summed E-state index contributed by atoms with van der Waals surface area (Å²) in [5.41, 5.74) is 1.15. The highest BCUT2D eigenvalue weighted by Gasteiger charge is 2.09. The third-order valence-corrected chi connectivity index (χ3v) is 1.59. The number of rotatable bonds is 2. The van der Waals surface area contributed by atoms with Crippen LogP contribution in [0, 0.1) is 28.5 Å². The number of aryl methyl sites for hydroxylation is 1. The fourth-order valence-corrected chi connectivity index (χ4v) is 1.00. The van der Waals surface area contributed by atoms with Gasteiger partial charge in [-0.3, -0.25) is 15.4 Å². The Kier molecular flexibility index (Phi) is 2.45. The van der Waals surface area contributed by atoms with Crippen LogP contribution in [0.5, 0.6) is 0 Å². The van der Waals surface area contributed by atoms with Crippen molar-refractivity contribution in [1.82, 2.24) is 0 Å². The minimum Gasteiger partial charge on any atom is -0.293 e. The van der Waals surface area contributed by atoms with Gasteiger partial charge in [0, 0.05) is 17.3 Å². The summed E-state index contributed by atoms with van der Waals surface area (Å²) in [5, 5.41) is 21.1. The third-order valence-electron chi connectivity index (χ3n) is 1.59. The van der Waals surface area contributed by atoms with Gasteiger partial charge in [-0.1, -0.05) is 0 Å². The Hall–Kier alpha value is -2.09. The molecular weight excluding hydrogens is 170 g/mol. The topological polar surface area (TPSA) is 79.0 Å². The molecule has 0 bridgehead atoms. The lowest BCUT2D eigenvalue weighted by molar-refractivity contribution is -0.385. The average molecular weight is 177 g/mol. The maximum Gasteiger partial charge on any atom is 0.272 e. The molecule has 1 aromatic carbocycles. The SMILES string of the molecule is Cc1cc(NC#N)ccc1[N+](=O)[O-]. The number of hydrogen-bond donors (Lipinski definition) is 1. The lowest BCUT2D eigenvalue weighted by atomic mass is 10.2. The predicted molar refractivity (Wildman–Crippen MR) is 47.1 cm³/mol. The summed E-state index contributed by atoms with van der Waals surface area (Å²) in [4.78, 5) is 9.96. The number of anilines is 1. The van der Waals surface area contributed by atoms with Crippen molar-refractivity contribution in [1.29, 1.82) is 5.26 Å². The number of nitrogens with one attached hydrogen (secondary N) is 1. The summed E-state index contributed by atoms with van der Waals surface area (Å²) in [6, 6.07) is 4.42. The molecule has 0 heterocycles. The van der Waals surface area contributed by atoms with Gasteiger partial charge in [0.25, 0.3) is 5.69 Å². The van der Waals surface area contributed by atoms with E-state index < -0.39 is 4.92 Å². The second kappa shape index (κ2) is 3.54. The molecule has 0 aliphatic heterocycles. The number of nitro benzene ring substituents is 1. The Balaban J connectivity index is 3.07. The van der Waals surface area contributed by atoms with Gasteiger partial charge < -0.3 is 0 Å². The normalized spacial score (nSPS) is 8.92. The molecule has 0 aromatic heterocycles. The minimum absolute atomic E-state index is 0.0588. The van der Waals surface area contributed by atoms with Crippen LogP contribution in [0.3, 0.4) is 0 Å². The van der Waals surface area contributed by atoms with E-state index in [0.29, 0.717) is 11.3 Å². The first-order valence-corrected chi connectivity index (χ1v) is 3.55. The minimum atomic E-state index is -0.453. The predicted octanol–water partition coefficient (Wildman–Crippen LogP) is 1.80. The number of benzene rings is 1. The van der Waals surface area contributed by atoms with Gasteiger partial charge in [-0.05, 0) is 19.1 Å². The molecule has 1 N–H and O–H groups in total. The van der Waals surface area contributed by atoms with E-state index in [2.05, 4.69) is 5.32 Å². The van der Waals surface area contributed by atoms with Crippen LogP contribution in [0.1, 0.15) is 5.56 Å². The van der Waals surface area contributed by atoms with E-state index >= 15 is 0 Å². The molecule has 1 aromatic rings. The molecule has 0 spiro atoms. The zero-order chi connectivity index (χ0) is 9.84. The molecule has 5 nitrogen and oxygen atoms in total. The zero-order valence-corrected chi connectivity index (χ0v) is 6.94. The van der Waals surface area contributed by atoms with E-state index in [1.54, 1.807) is 19.2 Å². The molecule has 0 saturated carbocycles. The van der Waals surface area contributed by atoms with Crippen LogP contribution in [0.25, 0.3) is 0 Å². The third kappa shape index (κ3) is 1.93. The molecular formula is C8H7N3O2. The monoisotopic (exact) mass is 177 g/mol. The highest BCUT2D eigenvalue weighted by Crippen LogP contribution is 2.20. The molecule has 0 aliphatic carbocycles. The number of nitriles is 1. The van der Waals surface area contributed by atoms with Crippen LogP contribution in [-0.4, -0.2) is 4.92 Å². The van der Waals surface area contributed by atoms with Crippen LogP contribution >= 0.6 is 0 Å². The van der Waals surface area contributed by atoms with Crippen molar-refractivity contribution < 1.29 is 4.92 Å². The Labute approximate surface area is 74.8 Å². The maximum atomic E-state index is 10.4. The number of nitrogens with zero attached hydrogens (tertiary/aromatic N) is 2. The quantitative estimate of drug-likeness (QED) is 0.323. The van der Waals surface area contributed by atoms with E-state index in [9.17, 15) is 10.1 Å². The van der Waals surface area contributed by atoms with Crippen molar-refractivity contribution in [3.8, 4) is 6.19 Å². The van der Waals surface area contributed by atoms with E-state index in [1.165, 1.54) is 12.1 Å². The van der Waals surface area contributed by atoms with Crippen LogP contribution in [0.4, 0.5) is 11.4 Å². The maximum absolute atomic E-state index is 10.4. The molecule has 0 fully saturated rings. The van der Waals surface area contributed by atoms with Crippen LogP contribution in [0.15, 0.2) is 18.2 Å². The Morgan fingerprint density at radius 1 is 1.62 bits per heavy atom. The molecule has 0 amide bonds. The molecule has 0 unspecified atom stereocenters. The summed E-state index contributed by atoms with van der Waals surface area (Å²) < 4.78 is 0. The summed E-state index contributed by atoms with van der Waals surface area (Å²) in [5.74, 6) is 0. The zero-order valence-electron chi connectivity index (χ0n) is 6.94. The van der Waals surface area contributed by atoms with E-state index in [0.717, 1.165) is 0 Å². The fourth-order valence-electron chi connectivity index (χ4n) is 1.00. The van der Waals surface area contributed by atoms with Gasteiger partial charge in [0.1, 0.15) is 0 Å². The smallest absolute Gasteiger partial charge is 0.272 e. The second-order valence-corrected chi connectivity index (χ2v) is 2.50. The van der Waals surface area contributed by atoms with Crippen molar-refractivity contribution >= 4 is 11.4 Å². The van der Waals surface area contributed by atoms with E-state index in [1.807, 2.05) is 0 Å². The van der Waals surface area contributed by atoms with Crippen LogP contribution in [-0.2, 0) is 0 Å². The molecule has 0 aliphatic rings. The van der Waals surface area contributed by atoms with Crippen LogP contribution in [0.2, 0.25) is 0 Å². The molecule has 66 valence electrons. The summed E-state index contributed by atoms with van der Waals surface area (Å²) in [7, 11) is 0. The molecule has 5 heteroatoms. The van der Waals surface area contributed by atoms with Gasteiger partial charge >= 0.3 is 0 Å². The van der Waals surface area contributed by atoms with Gasteiger partial charge in [0.05, 0.1) is 4.92 Å². The van der Waals surface area contributed by atoms with Gasteiger partial charge in [0.2, 0.25) is 0 Å². The standard InChI is InChI=1S/C8H7N3O2/c1-6-4-7(10-5-9)2-3-8(6)11(12)13/h2-4,10H,1H3. The fraction of sp³-hybridized carbons (Fsp3) is 0.125. The summed E-state index contributed by atoms with van der Waals surface area (Å²) in [6.07, 6.45) is 1.74. The first kappa shape index (κ1) is 9.00. The van der Waals surface area contributed by atoms with Crippen molar-refractivity contribution in [2.75, 3.05) is 5.32 Å². The van der Waals surface area contributed by atoms with E-state index in [-0.39, 0.29) is 5.69 Å². The van der Waals surface area contributed by atoms with Gasteiger partial charge in [-0.15, -0.1) is 0 Å². The van der Waals surface area contributed by atoms with Gasteiger partial charge in [-0.2, -0.15) is 5.26 Å². The van der Waals surface area contributed by atoms with Crippen molar-refractivity contribution in [2.24, 2.45) is 0 Å². The highest BCUT2D eigenvalue weighted by molar-refractivity contribution is 5.55. The average Bonchev–Trinajstić information content (AvgIpc) is 2.04. The molecule has 0 radical (unpaired) electrons. The largest absolute Gasteiger partial charge is 0.293 e. The number of hydrogen-bond acceptors (Lipinski definition) is 4. The molecule has 13 heavy (non-hydrogen) atoms. The second-order valence-electron chi connectivity index (χ2n) is 2.50. The first-order chi connectivity index (χ1) is 6.15. The molecule has 0 atom stereocenters. The van der Waals surface area contributed by atoms with Crippen LogP contribution < -0.4 is 5.32 Å². The van der Waals surface area contributed by atoms with Crippen molar-refractivity contribution in [2.45, 2.75) is 6.92 Å². The Morgan fingerprint density at radius 3 is 2.77 bits per heavy atom. The molecule has 1 rings (SSSR count). The first-order valence-electron chi connectivity index (χ1n) is 3.55. The molecule has 0 saturated heterocycles. The van der Waals surface area contributed by atoms with Gasteiger partial charge in [0.15, 0.2) is 6.19 Å². The number of nitro groups is 1.